The molecule has 0 aliphatic rings. The number of carbonyl (C=O) groups is 1. The van der Waals surface area contributed by atoms with E-state index in [1.165, 1.54) is 0 Å². The van der Waals surface area contributed by atoms with Gasteiger partial charge in [0, 0.05) is 11.7 Å². The number of nitrogens with one attached hydrogen (secondary N) is 1. The van der Waals surface area contributed by atoms with Crippen LogP contribution < -0.4 is 4.74 Å². The van der Waals surface area contributed by atoms with Crippen LogP contribution in [0.4, 0.5) is 0 Å². The van der Waals surface area contributed by atoms with Gasteiger partial charge in [0.2, 0.25) is 5.78 Å². The summed E-state index contributed by atoms with van der Waals surface area (Å²) in [6.07, 6.45) is 1.66. The van der Waals surface area contributed by atoms with E-state index in [0.29, 0.717) is 17.9 Å². The Labute approximate surface area is 120 Å². The molecular formula is C15H12ClNO3. The molecule has 0 aliphatic heterocycles. The lowest BCUT2D eigenvalue weighted by molar-refractivity contribution is 0.101. The highest BCUT2D eigenvalue weighted by atomic mass is 35.5. The number of rotatable bonds is 4. The summed E-state index contributed by atoms with van der Waals surface area (Å²) in [6, 6.07) is 8.72. The van der Waals surface area contributed by atoms with Crippen molar-refractivity contribution < 1.29 is 13.9 Å². The molecular weight excluding hydrogens is 278 g/mol. The number of fused-ring (bicyclic) bond motifs is 1. The van der Waals surface area contributed by atoms with Crippen molar-refractivity contribution in [2.45, 2.75) is 6.92 Å². The van der Waals surface area contributed by atoms with E-state index in [0.717, 1.165) is 10.9 Å². The molecule has 1 N–H and O–H groups in total. The molecule has 1 aromatic carbocycles. The van der Waals surface area contributed by atoms with E-state index in [1.807, 2.05) is 25.1 Å². The van der Waals surface area contributed by atoms with Gasteiger partial charge in [-0.25, -0.2) is 0 Å². The molecule has 20 heavy (non-hydrogen) atoms. The second-order valence-corrected chi connectivity index (χ2v) is 4.62. The van der Waals surface area contributed by atoms with Crippen LogP contribution in [-0.2, 0) is 0 Å². The summed E-state index contributed by atoms with van der Waals surface area (Å²) in [4.78, 5) is 15.5. The Morgan fingerprint density at radius 3 is 2.90 bits per heavy atom. The van der Waals surface area contributed by atoms with Crippen molar-refractivity contribution in [3.05, 3.63) is 53.1 Å². The summed E-state index contributed by atoms with van der Waals surface area (Å²) in [5.74, 6) is 0.657. The van der Waals surface area contributed by atoms with Crippen LogP contribution in [0.15, 0.2) is 40.9 Å². The minimum atomic E-state index is -0.227. The molecule has 0 aliphatic carbocycles. The molecule has 4 nitrogen and oxygen atoms in total. The van der Waals surface area contributed by atoms with Gasteiger partial charge in [-0.05, 0) is 42.8 Å². The quantitative estimate of drug-likeness (QED) is 0.737. The molecule has 0 atom stereocenters. The standard InChI is InChI=1S/C15H12ClNO3/c1-2-19-11-5-3-4-10-14(11)9(8-17-10)15(18)12-6-7-13(16)20-12/h3-8,17H,2H2,1H3. The van der Waals surface area contributed by atoms with Crippen LogP contribution >= 0.6 is 11.6 Å². The number of hydrogen-bond acceptors (Lipinski definition) is 3. The van der Waals surface area contributed by atoms with Gasteiger partial charge >= 0.3 is 0 Å². The van der Waals surface area contributed by atoms with Gasteiger partial charge in [-0.15, -0.1) is 0 Å². The first-order valence-corrected chi connectivity index (χ1v) is 6.61. The number of carbonyl (C=O) groups excluding carboxylic acids is 1. The van der Waals surface area contributed by atoms with Crippen molar-refractivity contribution in [2.75, 3.05) is 6.61 Å². The average Bonchev–Trinajstić information content (AvgIpc) is 3.05. The van der Waals surface area contributed by atoms with Gasteiger partial charge in [0.15, 0.2) is 11.0 Å². The number of furan rings is 1. The van der Waals surface area contributed by atoms with E-state index >= 15 is 0 Å². The van der Waals surface area contributed by atoms with Gasteiger partial charge in [-0.1, -0.05) is 6.07 Å². The molecule has 2 heterocycles. The van der Waals surface area contributed by atoms with Crippen LogP contribution in [0.1, 0.15) is 23.0 Å². The van der Waals surface area contributed by atoms with E-state index < -0.39 is 0 Å². The van der Waals surface area contributed by atoms with Gasteiger partial charge in [-0.2, -0.15) is 0 Å². The number of halogens is 1. The molecule has 2 aromatic heterocycles. The number of ether oxygens (including phenoxy) is 1. The van der Waals surface area contributed by atoms with Crippen molar-refractivity contribution in [2.24, 2.45) is 0 Å². The highest BCUT2D eigenvalue weighted by molar-refractivity contribution is 6.29. The van der Waals surface area contributed by atoms with Gasteiger partial charge in [0.05, 0.1) is 17.6 Å². The van der Waals surface area contributed by atoms with E-state index in [-0.39, 0.29) is 16.8 Å². The Morgan fingerprint density at radius 2 is 2.20 bits per heavy atom. The third kappa shape index (κ3) is 2.08. The Balaban J connectivity index is 2.14. The van der Waals surface area contributed by atoms with Crippen LogP contribution in [-0.4, -0.2) is 17.4 Å². The Morgan fingerprint density at radius 1 is 1.35 bits per heavy atom. The molecule has 0 unspecified atom stereocenters. The zero-order chi connectivity index (χ0) is 14.1. The topological polar surface area (TPSA) is 55.2 Å². The third-order valence-electron chi connectivity index (χ3n) is 3.01. The minimum Gasteiger partial charge on any atom is -0.493 e. The fraction of sp³-hybridized carbons (Fsp3) is 0.133. The molecule has 0 radical (unpaired) electrons. The predicted octanol–water partition coefficient (Wildman–Crippen LogP) is 4.04. The maximum Gasteiger partial charge on any atom is 0.230 e. The Kier molecular flexibility index (Phi) is 3.24. The number of benzene rings is 1. The molecule has 5 heteroatoms. The highest BCUT2D eigenvalue weighted by Gasteiger charge is 2.19. The maximum absolute atomic E-state index is 12.5. The third-order valence-corrected chi connectivity index (χ3v) is 3.21. The first kappa shape index (κ1) is 12.8. The predicted molar refractivity (Wildman–Crippen MR) is 76.6 cm³/mol. The Bertz CT molecular complexity index is 772. The molecule has 0 bridgehead atoms. The van der Waals surface area contributed by atoms with E-state index in [9.17, 15) is 4.79 Å². The number of ketones is 1. The zero-order valence-electron chi connectivity index (χ0n) is 10.8. The van der Waals surface area contributed by atoms with Crippen LogP contribution in [0.3, 0.4) is 0 Å². The normalized spacial score (nSPS) is 10.9. The summed E-state index contributed by atoms with van der Waals surface area (Å²) >= 11 is 5.71. The number of H-pyrrole nitrogens is 1. The van der Waals surface area contributed by atoms with E-state index in [2.05, 4.69) is 4.98 Å². The molecule has 0 fully saturated rings. The number of aromatic nitrogens is 1. The van der Waals surface area contributed by atoms with Gasteiger partial charge in [0.1, 0.15) is 5.75 Å². The highest BCUT2D eigenvalue weighted by Crippen LogP contribution is 2.30. The van der Waals surface area contributed by atoms with Crippen LogP contribution in [0, 0.1) is 0 Å². The SMILES string of the molecule is CCOc1cccc2[nH]cc(C(=O)c3ccc(Cl)o3)c12. The van der Waals surface area contributed by atoms with Gasteiger partial charge in [0.25, 0.3) is 0 Å². The van der Waals surface area contributed by atoms with Gasteiger partial charge in [-0.3, -0.25) is 4.79 Å². The lowest BCUT2D eigenvalue weighted by Crippen LogP contribution is -2.00. The summed E-state index contributed by atoms with van der Waals surface area (Å²) in [5, 5.41) is 0.949. The van der Waals surface area contributed by atoms with Crippen LogP contribution in [0.5, 0.6) is 5.75 Å². The number of aromatic amines is 1. The molecule has 0 spiro atoms. The molecule has 3 aromatic rings. The monoisotopic (exact) mass is 289 g/mol. The van der Waals surface area contributed by atoms with Gasteiger partial charge < -0.3 is 14.1 Å². The molecule has 0 amide bonds. The lowest BCUT2D eigenvalue weighted by Gasteiger charge is -2.05. The van der Waals surface area contributed by atoms with Crippen molar-refractivity contribution in [3.63, 3.8) is 0 Å². The first-order valence-electron chi connectivity index (χ1n) is 6.23. The van der Waals surface area contributed by atoms with Crippen molar-refractivity contribution >= 4 is 28.3 Å². The average molecular weight is 290 g/mol. The minimum absolute atomic E-state index is 0.193. The van der Waals surface area contributed by atoms with Crippen molar-refractivity contribution in [1.82, 2.24) is 4.98 Å². The summed E-state index contributed by atoms with van der Waals surface area (Å²) in [6.45, 7) is 2.43. The molecule has 3 rings (SSSR count). The van der Waals surface area contributed by atoms with Crippen LogP contribution in [0.2, 0.25) is 5.22 Å². The zero-order valence-corrected chi connectivity index (χ0v) is 11.5. The van der Waals surface area contributed by atoms with E-state index in [1.54, 1.807) is 18.3 Å². The molecule has 102 valence electrons. The van der Waals surface area contributed by atoms with Crippen LogP contribution in [0.25, 0.3) is 10.9 Å². The van der Waals surface area contributed by atoms with E-state index in [4.69, 9.17) is 20.8 Å². The van der Waals surface area contributed by atoms with Crippen molar-refractivity contribution in [3.8, 4) is 5.75 Å². The fourth-order valence-corrected chi connectivity index (χ4v) is 2.32. The smallest absolute Gasteiger partial charge is 0.230 e. The fourth-order valence-electron chi connectivity index (χ4n) is 2.18. The maximum atomic E-state index is 12.5. The lowest BCUT2D eigenvalue weighted by atomic mass is 10.1. The summed E-state index contributed by atoms with van der Waals surface area (Å²) in [7, 11) is 0. The molecule has 0 saturated carbocycles. The summed E-state index contributed by atoms with van der Waals surface area (Å²) in [5.41, 5.74) is 1.35. The second kappa shape index (κ2) is 5.06. The summed E-state index contributed by atoms with van der Waals surface area (Å²) < 4.78 is 10.8. The first-order chi connectivity index (χ1) is 9.70. The second-order valence-electron chi connectivity index (χ2n) is 4.25. The largest absolute Gasteiger partial charge is 0.493 e. The molecule has 0 saturated heterocycles. The van der Waals surface area contributed by atoms with Crippen molar-refractivity contribution in [1.29, 1.82) is 0 Å². The Hall–Kier alpha value is -2.20. The number of hydrogen-bond donors (Lipinski definition) is 1.